The molecule has 2 heterocycles. The van der Waals surface area contributed by atoms with E-state index < -0.39 is 0 Å². The summed E-state index contributed by atoms with van der Waals surface area (Å²) in [6, 6.07) is 29.7. The number of allylic oxidation sites excluding steroid dienone is 5. The van der Waals surface area contributed by atoms with E-state index in [1.54, 1.807) is 11.3 Å². The van der Waals surface area contributed by atoms with E-state index in [0.29, 0.717) is 0 Å². The Labute approximate surface area is 187 Å². The van der Waals surface area contributed by atoms with Crippen LogP contribution in [-0.2, 0) is 0 Å². The molecule has 4 aromatic rings. The molecule has 0 saturated heterocycles. The Balaban J connectivity index is 1.48. The summed E-state index contributed by atoms with van der Waals surface area (Å²) in [5.41, 5.74) is 4.89. The Morgan fingerprint density at radius 2 is 1.30 bits per heavy atom. The fourth-order valence-corrected chi connectivity index (χ4v) is 6.57. The summed E-state index contributed by atoms with van der Waals surface area (Å²) in [6.45, 7) is 0. The molecule has 0 saturated carbocycles. The van der Waals surface area contributed by atoms with Gasteiger partial charge in [-0.1, -0.05) is 0 Å². The van der Waals surface area contributed by atoms with Crippen LogP contribution in [0, 0.1) is 0 Å². The number of fused-ring (bicyclic) bond motifs is 1. The van der Waals surface area contributed by atoms with Crippen LogP contribution in [0.15, 0.2) is 115 Å². The molecule has 144 valence electrons. The number of benzene rings is 3. The molecule has 3 heteroatoms. The monoisotopic (exact) mass is 469 g/mol. The zero-order valence-corrected chi connectivity index (χ0v) is 18.8. The van der Waals surface area contributed by atoms with E-state index in [1.807, 2.05) is 6.07 Å². The van der Waals surface area contributed by atoms with Crippen LogP contribution in [0.25, 0.3) is 25.2 Å². The van der Waals surface area contributed by atoms with E-state index in [2.05, 4.69) is 109 Å². The van der Waals surface area contributed by atoms with Gasteiger partial charge in [0.15, 0.2) is 0 Å². The van der Waals surface area contributed by atoms with Crippen molar-refractivity contribution in [2.45, 2.75) is 0 Å². The third-order valence-corrected chi connectivity index (χ3v) is 8.18. The molecule has 3 aromatic carbocycles. The van der Waals surface area contributed by atoms with E-state index in [-0.39, 0.29) is 15.0 Å². The van der Waals surface area contributed by atoms with Gasteiger partial charge in [-0.2, -0.15) is 0 Å². The fourth-order valence-electron chi connectivity index (χ4n) is 3.31. The van der Waals surface area contributed by atoms with Crippen LogP contribution in [0.1, 0.15) is 16.1 Å². The summed E-state index contributed by atoms with van der Waals surface area (Å²) in [6.07, 6.45) is 11.1. The summed E-state index contributed by atoms with van der Waals surface area (Å²) < 4.78 is 4.04. The summed E-state index contributed by atoms with van der Waals surface area (Å²) in [7, 11) is 0. The molecule has 0 unspecified atom stereocenters. The molecular weight excluding hydrogens is 449 g/mol. The van der Waals surface area contributed by atoms with Gasteiger partial charge in [-0.25, -0.2) is 0 Å². The molecule has 0 atom stereocenters. The van der Waals surface area contributed by atoms with Crippen LogP contribution in [0.2, 0.25) is 0 Å². The van der Waals surface area contributed by atoms with Crippen LogP contribution in [-0.4, -0.2) is 19.9 Å². The number of hydrogen-bond donors (Lipinski definition) is 0. The average molecular weight is 468 g/mol. The van der Waals surface area contributed by atoms with Crippen LogP contribution in [0.4, 0.5) is 0 Å². The van der Waals surface area contributed by atoms with Gasteiger partial charge in [-0.15, -0.1) is 0 Å². The summed E-state index contributed by atoms with van der Waals surface area (Å²) in [5, 5.41) is 1.03. The van der Waals surface area contributed by atoms with Gasteiger partial charge in [-0.05, 0) is 0 Å². The van der Waals surface area contributed by atoms with E-state index >= 15 is 0 Å². The van der Waals surface area contributed by atoms with Crippen molar-refractivity contribution in [1.29, 1.82) is 0 Å². The van der Waals surface area contributed by atoms with E-state index in [1.165, 1.54) is 30.3 Å². The third-order valence-electron chi connectivity index (χ3n) is 4.77. The summed E-state index contributed by atoms with van der Waals surface area (Å²) in [4.78, 5) is 4.70. The van der Waals surface area contributed by atoms with E-state index in [9.17, 15) is 0 Å². The number of para-hydroxylation sites is 1. The number of rotatable bonds is 4. The molecule has 0 fully saturated rings. The molecule has 0 aliphatic carbocycles. The fraction of sp³-hybridized carbons (Fsp3) is 0. The van der Waals surface area contributed by atoms with Gasteiger partial charge < -0.3 is 0 Å². The Bertz CT molecular complexity index is 1200. The number of hydrogen-bond acceptors (Lipinski definition) is 2. The van der Waals surface area contributed by atoms with Crippen molar-refractivity contribution in [3.05, 3.63) is 131 Å². The molecule has 5 rings (SSSR count). The minimum absolute atomic E-state index is 0.275. The molecule has 1 aliphatic heterocycles. The first-order valence-corrected chi connectivity index (χ1v) is 12.3. The molecule has 1 aromatic heterocycles. The molecule has 0 radical (unpaired) electrons. The van der Waals surface area contributed by atoms with Crippen molar-refractivity contribution in [2.24, 2.45) is 0 Å². The average Bonchev–Trinajstić information content (AvgIpc) is 3.23. The van der Waals surface area contributed by atoms with Crippen molar-refractivity contribution in [3.8, 4) is 0 Å². The maximum absolute atomic E-state index is 4.70. The zero-order chi connectivity index (χ0) is 20.2. The van der Waals surface area contributed by atoms with Gasteiger partial charge in [0.05, 0.1) is 0 Å². The van der Waals surface area contributed by atoms with Crippen LogP contribution >= 0.6 is 11.3 Å². The molecule has 1 nitrogen and oxygen atoms in total. The molecule has 0 spiro atoms. The Hall–Kier alpha value is -2.97. The van der Waals surface area contributed by atoms with Crippen molar-refractivity contribution in [3.63, 3.8) is 0 Å². The maximum atomic E-state index is 4.70. The van der Waals surface area contributed by atoms with Crippen molar-refractivity contribution in [1.82, 2.24) is 4.98 Å². The van der Waals surface area contributed by atoms with Gasteiger partial charge in [0, 0.05) is 0 Å². The second-order valence-corrected chi connectivity index (χ2v) is 10.2. The van der Waals surface area contributed by atoms with Gasteiger partial charge in [-0.3, -0.25) is 0 Å². The van der Waals surface area contributed by atoms with Gasteiger partial charge in [0.25, 0.3) is 0 Å². The minimum atomic E-state index is 0.275. The van der Waals surface area contributed by atoms with Crippen LogP contribution < -0.4 is 0 Å². The normalized spacial score (nSPS) is 14.1. The van der Waals surface area contributed by atoms with E-state index in [0.717, 1.165) is 10.5 Å². The first-order valence-electron chi connectivity index (χ1n) is 9.81. The van der Waals surface area contributed by atoms with Gasteiger partial charge in [0.2, 0.25) is 0 Å². The SMILES string of the molecule is C(/C=C/c1nc2ccccc2s1)=C1C=C(c2ccccc2)[Se]C(c2ccccc2)=C1. The first kappa shape index (κ1) is 19.0. The van der Waals surface area contributed by atoms with Gasteiger partial charge >= 0.3 is 187 Å². The topological polar surface area (TPSA) is 12.9 Å². The molecular formula is C27H19NSSe. The van der Waals surface area contributed by atoms with Crippen molar-refractivity contribution >= 4 is 51.5 Å². The quantitative estimate of drug-likeness (QED) is 0.293. The molecule has 0 amide bonds. The summed E-state index contributed by atoms with van der Waals surface area (Å²) in [5.74, 6) is 0. The summed E-state index contributed by atoms with van der Waals surface area (Å²) >= 11 is 2.00. The second-order valence-electron chi connectivity index (χ2n) is 6.90. The number of nitrogens with zero attached hydrogens (tertiary/aromatic N) is 1. The van der Waals surface area contributed by atoms with Crippen molar-refractivity contribution < 1.29 is 0 Å². The first-order chi connectivity index (χ1) is 14.8. The number of thiazole rings is 1. The van der Waals surface area contributed by atoms with Crippen molar-refractivity contribution in [2.75, 3.05) is 0 Å². The van der Waals surface area contributed by atoms with Gasteiger partial charge in [0.1, 0.15) is 0 Å². The molecule has 30 heavy (non-hydrogen) atoms. The van der Waals surface area contributed by atoms with E-state index in [4.69, 9.17) is 4.98 Å². The molecule has 1 aliphatic rings. The Morgan fingerprint density at radius 1 is 0.700 bits per heavy atom. The second kappa shape index (κ2) is 8.81. The predicted molar refractivity (Wildman–Crippen MR) is 131 cm³/mol. The number of aromatic nitrogens is 1. The standard InChI is InChI=1S/C27H19NSSe/c1-3-11-21(12-4-1)25-18-20(19-26(30-25)22-13-5-2-6-14-22)10-9-17-27-28-23-15-7-8-16-24(23)29-27/h1-19H/b17-9+. The Morgan fingerprint density at radius 3 is 1.93 bits per heavy atom. The van der Waals surface area contributed by atoms with Crippen LogP contribution in [0.5, 0.6) is 0 Å². The zero-order valence-electron chi connectivity index (χ0n) is 16.2. The molecule has 0 bridgehead atoms. The molecule has 0 N–H and O–H groups in total. The van der Waals surface area contributed by atoms with Crippen LogP contribution in [0.3, 0.4) is 0 Å². The predicted octanol–water partition coefficient (Wildman–Crippen LogP) is 7.04. The third kappa shape index (κ3) is 4.29. The Kier molecular flexibility index (Phi) is 5.58.